The Morgan fingerprint density at radius 1 is 1.38 bits per heavy atom. The van der Waals surface area contributed by atoms with Crippen LogP contribution in [0, 0.1) is 25.2 Å². The summed E-state index contributed by atoms with van der Waals surface area (Å²) in [5.74, 6) is 5.96. The van der Waals surface area contributed by atoms with Crippen LogP contribution < -0.4 is 11.2 Å². The van der Waals surface area contributed by atoms with Crippen LogP contribution in [-0.4, -0.2) is 12.4 Å². The fourth-order valence-electron chi connectivity index (χ4n) is 1.57. The molecule has 0 radical (unpaired) electrons. The van der Waals surface area contributed by atoms with E-state index >= 15 is 0 Å². The van der Waals surface area contributed by atoms with Crippen molar-refractivity contribution in [3.63, 3.8) is 0 Å². The molecule has 0 atom stereocenters. The molecule has 0 fully saturated rings. The number of amidine groups is 1. The van der Waals surface area contributed by atoms with E-state index in [9.17, 15) is 0 Å². The standard InChI is InChI=1S/C12H16N4/c1-9-6-10(2)8-11(7-9)12(16-14)15-5-3-4-13/h6-8H,3,5,14H2,1-2H3,(H,15,16). The number of nitrogens with one attached hydrogen (secondary N) is 1. The maximum Gasteiger partial charge on any atom is 0.152 e. The number of hydrogen-bond donors (Lipinski definition) is 2. The number of rotatable bonds is 3. The van der Waals surface area contributed by atoms with E-state index in [0.29, 0.717) is 18.8 Å². The van der Waals surface area contributed by atoms with Crippen LogP contribution in [0.5, 0.6) is 0 Å². The van der Waals surface area contributed by atoms with Gasteiger partial charge in [-0.3, -0.25) is 0 Å². The normalized spacial score (nSPS) is 10.9. The molecule has 4 nitrogen and oxygen atoms in total. The molecule has 0 saturated carbocycles. The summed E-state index contributed by atoms with van der Waals surface area (Å²) in [6.07, 6.45) is 0.434. The third-order valence-corrected chi connectivity index (χ3v) is 2.15. The van der Waals surface area contributed by atoms with E-state index in [1.54, 1.807) is 0 Å². The summed E-state index contributed by atoms with van der Waals surface area (Å²) >= 11 is 0. The van der Waals surface area contributed by atoms with Crippen LogP contribution >= 0.6 is 0 Å². The van der Waals surface area contributed by atoms with Gasteiger partial charge in [-0.25, -0.2) is 0 Å². The molecule has 0 aliphatic rings. The molecule has 0 bridgehead atoms. The maximum absolute atomic E-state index is 8.45. The third-order valence-electron chi connectivity index (χ3n) is 2.15. The first-order valence-corrected chi connectivity index (χ1v) is 5.14. The first kappa shape index (κ1) is 12.1. The van der Waals surface area contributed by atoms with E-state index < -0.39 is 0 Å². The Hall–Kier alpha value is -2.02. The number of nitriles is 1. The van der Waals surface area contributed by atoms with Gasteiger partial charge in [-0.2, -0.15) is 10.4 Å². The van der Waals surface area contributed by atoms with Crippen LogP contribution in [0.1, 0.15) is 23.1 Å². The molecule has 16 heavy (non-hydrogen) atoms. The van der Waals surface area contributed by atoms with Crippen LogP contribution in [0.2, 0.25) is 0 Å². The summed E-state index contributed by atoms with van der Waals surface area (Å²) in [6.45, 7) is 4.61. The lowest BCUT2D eigenvalue weighted by Gasteiger charge is -2.09. The Bertz CT molecular complexity index is 409. The maximum atomic E-state index is 8.45. The number of hydrogen-bond acceptors (Lipinski definition) is 3. The second-order valence-corrected chi connectivity index (χ2v) is 3.69. The molecular formula is C12H16N4. The van der Waals surface area contributed by atoms with Crippen molar-refractivity contribution >= 4 is 5.84 Å². The molecule has 84 valence electrons. The van der Waals surface area contributed by atoms with Crippen molar-refractivity contribution < 1.29 is 0 Å². The van der Waals surface area contributed by atoms with E-state index in [0.717, 1.165) is 5.56 Å². The lowest BCUT2D eigenvalue weighted by Crippen LogP contribution is -2.26. The predicted octanol–water partition coefficient (Wildman–Crippen LogP) is 1.43. The van der Waals surface area contributed by atoms with E-state index in [4.69, 9.17) is 11.1 Å². The van der Waals surface area contributed by atoms with Crippen molar-refractivity contribution in [2.45, 2.75) is 20.3 Å². The van der Waals surface area contributed by atoms with Crippen molar-refractivity contribution in [2.24, 2.45) is 10.9 Å². The fraction of sp³-hybridized carbons (Fsp3) is 0.333. The van der Waals surface area contributed by atoms with Gasteiger partial charge in [-0.05, 0) is 26.0 Å². The average Bonchev–Trinajstić information content (AvgIpc) is 2.23. The largest absolute Gasteiger partial charge is 0.367 e. The Morgan fingerprint density at radius 3 is 2.50 bits per heavy atom. The molecule has 1 aromatic rings. The molecule has 0 amide bonds. The SMILES string of the molecule is Cc1cc(C)cc(/C(=N/N)NCCC#N)c1. The Morgan fingerprint density at radius 2 is 2.00 bits per heavy atom. The van der Waals surface area contributed by atoms with Gasteiger partial charge in [-0.1, -0.05) is 17.2 Å². The number of benzene rings is 1. The molecule has 0 aromatic heterocycles. The third kappa shape index (κ3) is 3.28. The molecule has 4 heteroatoms. The molecule has 1 rings (SSSR count). The van der Waals surface area contributed by atoms with Gasteiger partial charge >= 0.3 is 0 Å². The fourth-order valence-corrected chi connectivity index (χ4v) is 1.57. The molecule has 0 aliphatic heterocycles. The van der Waals surface area contributed by atoms with Gasteiger partial charge < -0.3 is 11.2 Å². The highest BCUT2D eigenvalue weighted by Gasteiger charge is 2.03. The molecule has 0 heterocycles. The Balaban J connectivity index is 2.84. The first-order valence-electron chi connectivity index (χ1n) is 5.14. The van der Waals surface area contributed by atoms with Gasteiger partial charge in [0.2, 0.25) is 0 Å². The average molecular weight is 216 g/mol. The van der Waals surface area contributed by atoms with E-state index in [-0.39, 0.29) is 0 Å². The van der Waals surface area contributed by atoms with E-state index in [1.165, 1.54) is 11.1 Å². The molecule has 3 N–H and O–H groups in total. The number of hydrazone groups is 1. The van der Waals surface area contributed by atoms with Crippen LogP contribution in [-0.2, 0) is 0 Å². The molecule has 0 spiro atoms. The highest BCUT2D eigenvalue weighted by atomic mass is 15.2. The smallest absolute Gasteiger partial charge is 0.152 e. The predicted molar refractivity (Wildman–Crippen MR) is 64.9 cm³/mol. The number of aryl methyl sites for hydroxylation is 2. The first-order chi connectivity index (χ1) is 7.67. The zero-order valence-electron chi connectivity index (χ0n) is 9.62. The summed E-state index contributed by atoms with van der Waals surface area (Å²) in [7, 11) is 0. The Labute approximate surface area is 95.8 Å². The van der Waals surface area contributed by atoms with Crippen LogP contribution in [0.4, 0.5) is 0 Å². The van der Waals surface area contributed by atoms with Crippen molar-refractivity contribution in [1.29, 1.82) is 5.26 Å². The van der Waals surface area contributed by atoms with Crippen molar-refractivity contribution in [3.8, 4) is 6.07 Å². The molecular weight excluding hydrogens is 200 g/mol. The van der Waals surface area contributed by atoms with E-state index in [1.807, 2.05) is 26.0 Å². The van der Waals surface area contributed by atoms with Crippen molar-refractivity contribution in [3.05, 3.63) is 34.9 Å². The molecule has 0 unspecified atom stereocenters. The minimum atomic E-state index is 0.434. The summed E-state index contributed by atoms with van der Waals surface area (Å²) < 4.78 is 0. The molecule has 0 saturated heterocycles. The van der Waals surface area contributed by atoms with Crippen LogP contribution in [0.15, 0.2) is 23.3 Å². The minimum absolute atomic E-state index is 0.434. The second kappa shape index (κ2) is 5.76. The van der Waals surface area contributed by atoms with Crippen molar-refractivity contribution in [1.82, 2.24) is 5.32 Å². The van der Waals surface area contributed by atoms with Gasteiger partial charge in [0.05, 0.1) is 12.5 Å². The summed E-state index contributed by atoms with van der Waals surface area (Å²) in [5, 5.41) is 15.2. The molecule has 0 aliphatic carbocycles. The van der Waals surface area contributed by atoms with Gasteiger partial charge in [-0.15, -0.1) is 0 Å². The zero-order chi connectivity index (χ0) is 12.0. The summed E-state index contributed by atoms with van der Waals surface area (Å²) in [4.78, 5) is 0. The highest BCUT2D eigenvalue weighted by Crippen LogP contribution is 2.08. The Kier molecular flexibility index (Phi) is 4.34. The zero-order valence-corrected chi connectivity index (χ0v) is 9.62. The molecule has 1 aromatic carbocycles. The highest BCUT2D eigenvalue weighted by molar-refractivity contribution is 5.98. The second-order valence-electron chi connectivity index (χ2n) is 3.69. The van der Waals surface area contributed by atoms with Crippen molar-refractivity contribution in [2.75, 3.05) is 6.54 Å². The summed E-state index contributed by atoms with van der Waals surface area (Å²) in [6, 6.07) is 8.18. The number of nitrogens with two attached hydrogens (primary N) is 1. The van der Waals surface area contributed by atoms with E-state index in [2.05, 4.69) is 22.6 Å². The number of nitrogens with zero attached hydrogens (tertiary/aromatic N) is 2. The topological polar surface area (TPSA) is 74.2 Å². The minimum Gasteiger partial charge on any atom is -0.367 e. The lowest BCUT2D eigenvalue weighted by atomic mass is 10.1. The van der Waals surface area contributed by atoms with Gasteiger partial charge in [0.1, 0.15) is 0 Å². The van der Waals surface area contributed by atoms with Crippen LogP contribution in [0.3, 0.4) is 0 Å². The quantitative estimate of drug-likeness (QED) is 0.264. The van der Waals surface area contributed by atoms with Gasteiger partial charge in [0.25, 0.3) is 0 Å². The monoisotopic (exact) mass is 216 g/mol. The van der Waals surface area contributed by atoms with Gasteiger partial charge in [0, 0.05) is 12.1 Å². The summed E-state index contributed by atoms with van der Waals surface area (Å²) in [5.41, 5.74) is 3.29. The lowest BCUT2D eigenvalue weighted by molar-refractivity contribution is 0.889. The van der Waals surface area contributed by atoms with Crippen LogP contribution in [0.25, 0.3) is 0 Å². The van der Waals surface area contributed by atoms with Gasteiger partial charge in [0.15, 0.2) is 5.84 Å².